The lowest BCUT2D eigenvalue weighted by molar-refractivity contribution is 0.241. The van der Waals surface area contributed by atoms with Crippen LogP contribution in [0, 0.1) is 0 Å². The summed E-state index contributed by atoms with van der Waals surface area (Å²) in [5.41, 5.74) is 0.831. The largest absolute Gasteiger partial charge is 0.363 e. The summed E-state index contributed by atoms with van der Waals surface area (Å²) in [6, 6.07) is 5.37. The highest BCUT2D eigenvalue weighted by atomic mass is 16.1. The second-order valence-electron chi connectivity index (χ2n) is 8.47. The Morgan fingerprint density at radius 3 is 2.39 bits per heavy atom. The van der Waals surface area contributed by atoms with Gasteiger partial charge in [-0.3, -0.25) is 9.69 Å². The minimum Gasteiger partial charge on any atom is -0.363 e. The van der Waals surface area contributed by atoms with Crippen molar-refractivity contribution in [3.63, 3.8) is 0 Å². The zero-order chi connectivity index (χ0) is 20.3. The molecule has 8 nitrogen and oxygen atoms in total. The summed E-state index contributed by atoms with van der Waals surface area (Å²) in [4.78, 5) is 27.8. The predicted molar refractivity (Wildman–Crippen MR) is 112 cm³/mol. The molecule has 0 saturated carbocycles. The van der Waals surface area contributed by atoms with E-state index in [1.54, 1.807) is 10.7 Å². The maximum atomic E-state index is 12.1. The third-order valence-electron chi connectivity index (χ3n) is 5.00. The smallest absolute Gasteiger partial charge is 0.266 e. The standard InChI is InChI=1S/C20H31N7O/c1-20(2,3)16-6-7-18(28)27(23-16)15-12-25-10-13-26(14-11-25)19-21-9-8-17(22-19)24(4)5/h6-9H,10-15H2,1-5H3. The number of aromatic nitrogens is 4. The van der Waals surface area contributed by atoms with Crippen LogP contribution in [0.4, 0.5) is 11.8 Å². The van der Waals surface area contributed by atoms with E-state index >= 15 is 0 Å². The van der Waals surface area contributed by atoms with Crippen molar-refractivity contribution in [2.45, 2.75) is 32.7 Å². The fraction of sp³-hybridized carbons (Fsp3) is 0.600. The first-order valence-electron chi connectivity index (χ1n) is 9.80. The van der Waals surface area contributed by atoms with E-state index in [2.05, 4.69) is 45.6 Å². The Morgan fingerprint density at radius 1 is 1.04 bits per heavy atom. The fourth-order valence-electron chi connectivity index (χ4n) is 3.16. The molecule has 1 aliphatic heterocycles. The lowest BCUT2D eigenvalue weighted by Gasteiger charge is -2.34. The summed E-state index contributed by atoms with van der Waals surface area (Å²) < 4.78 is 1.59. The van der Waals surface area contributed by atoms with E-state index in [9.17, 15) is 4.79 Å². The molecule has 8 heteroatoms. The van der Waals surface area contributed by atoms with Crippen molar-refractivity contribution in [1.29, 1.82) is 0 Å². The van der Waals surface area contributed by atoms with Gasteiger partial charge < -0.3 is 9.80 Å². The van der Waals surface area contributed by atoms with E-state index in [0.717, 1.165) is 50.2 Å². The zero-order valence-electron chi connectivity index (χ0n) is 17.6. The van der Waals surface area contributed by atoms with Crippen LogP contribution in [0.3, 0.4) is 0 Å². The van der Waals surface area contributed by atoms with E-state index in [-0.39, 0.29) is 11.0 Å². The highest BCUT2D eigenvalue weighted by Crippen LogP contribution is 2.18. The van der Waals surface area contributed by atoms with Crippen molar-refractivity contribution in [3.8, 4) is 0 Å². The molecular weight excluding hydrogens is 354 g/mol. The number of piperazine rings is 1. The molecule has 3 heterocycles. The molecule has 2 aromatic heterocycles. The molecule has 0 N–H and O–H groups in total. The third kappa shape index (κ3) is 4.86. The van der Waals surface area contributed by atoms with E-state index < -0.39 is 0 Å². The van der Waals surface area contributed by atoms with Crippen LogP contribution in [0.2, 0.25) is 0 Å². The van der Waals surface area contributed by atoms with Gasteiger partial charge in [0.2, 0.25) is 5.95 Å². The highest BCUT2D eigenvalue weighted by Gasteiger charge is 2.20. The lowest BCUT2D eigenvalue weighted by atomic mass is 9.92. The van der Waals surface area contributed by atoms with Crippen LogP contribution < -0.4 is 15.4 Å². The molecule has 0 aliphatic carbocycles. The van der Waals surface area contributed by atoms with Crippen LogP contribution in [-0.2, 0) is 12.0 Å². The molecule has 1 aliphatic rings. The summed E-state index contributed by atoms with van der Waals surface area (Å²) in [7, 11) is 3.96. The fourth-order valence-corrected chi connectivity index (χ4v) is 3.16. The molecular formula is C20H31N7O. The molecule has 2 aromatic rings. The van der Waals surface area contributed by atoms with Gasteiger partial charge in [0.25, 0.3) is 5.56 Å². The van der Waals surface area contributed by atoms with Crippen molar-refractivity contribution >= 4 is 11.8 Å². The maximum absolute atomic E-state index is 12.1. The van der Waals surface area contributed by atoms with E-state index in [4.69, 9.17) is 0 Å². The molecule has 0 bridgehead atoms. The van der Waals surface area contributed by atoms with Gasteiger partial charge in [-0.25, -0.2) is 9.67 Å². The van der Waals surface area contributed by atoms with Crippen molar-refractivity contribution in [3.05, 3.63) is 40.4 Å². The number of hydrogen-bond donors (Lipinski definition) is 0. The van der Waals surface area contributed by atoms with Crippen LogP contribution >= 0.6 is 0 Å². The average Bonchev–Trinajstić information content (AvgIpc) is 2.67. The van der Waals surface area contributed by atoms with Gasteiger partial charge in [0.05, 0.1) is 12.2 Å². The van der Waals surface area contributed by atoms with Gasteiger partial charge in [-0.1, -0.05) is 20.8 Å². The topological polar surface area (TPSA) is 70.4 Å². The minimum absolute atomic E-state index is 0.0412. The first kappa shape index (κ1) is 20.3. The second-order valence-corrected chi connectivity index (χ2v) is 8.47. The average molecular weight is 386 g/mol. The van der Waals surface area contributed by atoms with Crippen molar-refractivity contribution in [2.75, 3.05) is 56.6 Å². The van der Waals surface area contributed by atoms with Gasteiger partial charge >= 0.3 is 0 Å². The number of rotatable bonds is 5. The second kappa shape index (κ2) is 8.26. The lowest BCUT2D eigenvalue weighted by Crippen LogP contribution is -2.48. The molecule has 3 rings (SSSR count). The van der Waals surface area contributed by atoms with Crippen molar-refractivity contribution < 1.29 is 0 Å². The normalized spacial score (nSPS) is 15.7. The molecule has 28 heavy (non-hydrogen) atoms. The molecule has 0 spiro atoms. The number of nitrogens with zero attached hydrogens (tertiary/aromatic N) is 7. The highest BCUT2D eigenvalue weighted by molar-refractivity contribution is 5.42. The summed E-state index contributed by atoms with van der Waals surface area (Å²) >= 11 is 0. The Balaban J connectivity index is 1.57. The summed E-state index contributed by atoms with van der Waals surface area (Å²) in [5, 5.41) is 4.56. The first-order chi connectivity index (χ1) is 13.2. The van der Waals surface area contributed by atoms with E-state index in [1.165, 1.54) is 0 Å². The van der Waals surface area contributed by atoms with Gasteiger partial charge in [0.15, 0.2) is 0 Å². The Hall–Kier alpha value is -2.48. The molecule has 0 unspecified atom stereocenters. The minimum atomic E-state index is -0.0673. The van der Waals surface area contributed by atoms with Crippen LogP contribution in [-0.4, -0.2) is 71.5 Å². The van der Waals surface area contributed by atoms with Crippen molar-refractivity contribution in [1.82, 2.24) is 24.6 Å². The van der Waals surface area contributed by atoms with Gasteiger partial charge in [0.1, 0.15) is 5.82 Å². The molecule has 152 valence electrons. The van der Waals surface area contributed by atoms with Crippen LogP contribution in [0.1, 0.15) is 26.5 Å². The SMILES string of the molecule is CN(C)c1ccnc(N2CCN(CCn3nc(C(C)(C)C)ccc3=O)CC2)n1. The summed E-state index contributed by atoms with van der Waals surface area (Å²) in [6.45, 7) is 11.3. The number of anilines is 2. The van der Waals surface area contributed by atoms with Crippen molar-refractivity contribution in [2.24, 2.45) is 0 Å². The van der Waals surface area contributed by atoms with Crippen LogP contribution in [0.25, 0.3) is 0 Å². The van der Waals surface area contributed by atoms with E-state index in [0.29, 0.717) is 6.54 Å². The Morgan fingerprint density at radius 2 is 1.75 bits per heavy atom. The summed E-state index contributed by atoms with van der Waals surface area (Å²) in [6.07, 6.45) is 1.81. The Bertz CT molecular complexity index is 848. The molecule has 1 fully saturated rings. The molecule has 0 aromatic carbocycles. The Labute approximate surface area is 166 Å². The maximum Gasteiger partial charge on any atom is 0.266 e. The first-order valence-corrected chi connectivity index (χ1v) is 9.80. The third-order valence-corrected chi connectivity index (χ3v) is 5.00. The zero-order valence-corrected chi connectivity index (χ0v) is 17.6. The van der Waals surface area contributed by atoms with Crippen LogP contribution in [0.15, 0.2) is 29.2 Å². The Kier molecular flexibility index (Phi) is 5.98. The predicted octanol–water partition coefficient (Wildman–Crippen LogP) is 1.22. The van der Waals surface area contributed by atoms with Gasteiger partial charge in [0, 0.05) is 64.5 Å². The van der Waals surface area contributed by atoms with Gasteiger partial charge in [-0.15, -0.1) is 0 Å². The molecule has 0 atom stereocenters. The quantitative estimate of drug-likeness (QED) is 0.766. The van der Waals surface area contributed by atoms with Gasteiger partial charge in [-0.2, -0.15) is 10.1 Å². The molecule has 0 radical (unpaired) electrons. The van der Waals surface area contributed by atoms with E-state index in [1.807, 2.05) is 37.3 Å². The van der Waals surface area contributed by atoms with Crippen LogP contribution in [0.5, 0.6) is 0 Å². The monoisotopic (exact) mass is 385 g/mol. The number of hydrogen-bond acceptors (Lipinski definition) is 7. The van der Waals surface area contributed by atoms with Gasteiger partial charge in [-0.05, 0) is 12.1 Å². The molecule has 1 saturated heterocycles. The summed E-state index contributed by atoms with van der Waals surface area (Å²) in [5.74, 6) is 1.69. The molecule has 0 amide bonds.